The number of piperidine rings is 2. The third-order valence-corrected chi connectivity index (χ3v) is 23.2. The lowest BCUT2D eigenvalue weighted by atomic mass is 9.91. The molecule has 6 aliphatic rings. The molecule has 11 N–H and O–H groups in total. The molecular formula is C93H101N17O17S2. The number of H-pyrrole nitrogens is 2. The summed E-state index contributed by atoms with van der Waals surface area (Å²) in [5.41, 5.74) is 12.1. The average Bonchev–Trinajstić information content (AvgIpc) is 1.72. The largest absolute Gasteiger partial charge is 0.494 e. The molecule has 0 spiro atoms. The number of aromatic nitrogens is 4. The number of carboxylic acids is 1. The van der Waals surface area contributed by atoms with E-state index in [-0.39, 0.29) is 138 Å². The van der Waals surface area contributed by atoms with Crippen LogP contribution in [0.25, 0.3) is 21.5 Å². The number of urea groups is 2. The summed E-state index contributed by atoms with van der Waals surface area (Å²) >= 11 is 0. The Labute approximate surface area is 756 Å². The first-order valence-electron chi connectivity index (χ1n) is 41.6. The first-order valence-corrected chi connectivity index (χ1v) is 41.6. The maximum atomic E-state index is 13.8. The van der Waals surface area contributed by atoms with Crippen molar-refractivity contribution in [2.75, 3.05) is 72.9 Å². The van der Waals surface area contributed by atoms with E-state index in [1.165, 1.54) is 24.3 Å². The number of aromatic amines is 2. The number of rotatable bonds is 26. The fourth-order valence-electron chi connectivity index (χ4n) is 16.6. The van der Waals surface area contributed by atoms with E-state index >= 15 is 0 Å². The van der Waals surface area contributed by atoms with Crippen LogP contribution in [0.3, 0.4) is 0 Å². The lowest BCUT2D eigenvalue weighted by Crippen LogP contribution is -2.57. The van der Waals surface area contributed by atoms with Crippen LogP contribution in [0, 0.1) is 0 Å². The number of carbonyl (C=O) groups is 14. The van der Waals surface area contributed by atoms with Gasteiger partial charge in [-0.25, -0.2) is 14.4 Å². The van der Waals surface area contributed by atoms with Crippen LogP contribution in [0.5, 0.6) is 11.5 Å². The molecule has 4 atom stereocenters. The predicted octanol–water partition coefficient (Wildman–Crippen LogP) is 9.27. The Morgan fingerprint density at radius 3 is 1.45 bits per heavy atom. The molecule has 16 rings (SSSR count). The normalized spacial score (nSPS) is 16.7. The van der Waals surface area contributed by atoms with Crippen LogP contribution in [0.1, 0.15) is 201 Å². The SMILES string of the molecule is CN(C)C[C@@H](NC(=O)N1Cc2c(NC(=O)c3ccc(C(=O)O)cc3)n[nH]c2C1(C)C)c1ccccc1.CN(C)C[C@@H](NC(=O)N1Cc2c(n[nH]c2CC(=O)c2ccc(C(=O)NCCCOc3cc4c5c(cccc5c3)C(=O)N(C3CCC(=O)NC3=O)C4=O)cc2)C1(C)C)c1ccccc1.NCCCOc1cc2c3c(cccc3c1)C(=O)N(C1CCC(=O)NC1=O)C2=O.S.S. The molecule has 8 heterocycles. The maximum absolute atomic E-state index is 13.8. The summed E-state index contributed by atoms with van der Waals surface area (Å²) in [4.78, 5) is 188. The minimum atomic E-state index is -1.10. The number of hydrogen-bond acceptors (Lipinski definition) is 21. The van der Waals surface area contributed by atoms with Crippen molar-refractivity contribution < 1.29 is 81.7 Å². The summed E-state index contributed by atoms with van der Waals surface area (Å²) in [6.07, 6.45) is 1.38. The molecule has 129 heavy (non-hydrogen) atoms. The topological polar surface area (TPSA) is 453 Å². The number of carboxylic acid groups (broad SMARTS) is 1. The smallest absolute Gasteiger partial charge is 0.335 e. The molecular weight excluding hydrogens is 1690 g/mol. The fourth-order valence-corrected chi connectivity index (χ4v) is 16.6. The van der Waals surface area contributed by atoms with E-state index < -0.39 is 82.3 Å². The Morgan fingerprint density at radius 2 is 0.977 bits per heavy atom. The zero-order valence-electron chi connectivity index (χ0n) is 72.2. The molecule has 2 unspecified atom stereocenters. The summed E-state index contributed by atoms with van der Waals surface area (Å²) in [6.45, 7) is 10.9. The summed E-state index contributed by atoms with van der Waals surface area (Å²) in [7, 11) is 7.85. The highest BCUT2D eigenvalue weighted by Gasteiger charge is 2.49. The highest BCUT2D eigenvalue weighted by atomic mass is 32.1. The van der Waals surface area contributed by atoms with Gasteiger partial charge in [0, 0.05) is 87.9 Å². The highest BCUT2D eigenvalue weighted by molar-refractivity contribution is 7.59. The minimum absolute atomic E-state index is 0. The molecule has 0 aliphatic carbocycles. The first-order chi connectivity index (χ1) is 60.8. The number of nitrogens with one attached hydrogen (secondary N) is 8. The maximum Gasteiger partial charge on any atom is 0.335 e. The molecule has 8 aromatic carbocycles. The Kier molecular flexibility index (Phi) is 29.2. The van der Waals surface area contributed by atoms with Crippen molar-refractivity contribution in [3.63, 3.8) is 0 Å². The van der Waals surface area contributed by atoms with Gasteiger partial charge in [-0.2, -0.15) is 37.2 Å². The molecule has 0 radical (unpaired) electrons. The number of nitrogens with zero attached hydrogens (tertiary/aromatic N) is 8. The molecule has 0 saturated carbocycles. The third kappa shape index (κ3) is 20.1. The Balaban J connectivity index is 0.000000192. The van der Waals surface area contributed by atoms with Crippen molar-refractivity contribution in [2.24, 2.45) is 5.73 Å². The van der Waals surface area contributed by atoms with Gasteiger partial charge < -0.3 is 61.2 Å². The fraction of sp³-hybridized carbons (Fsp3) is 0.312. The molecule has 14 amide bonds. The summed E-state index contributed by atoms with van der Waals surface area (Å²) in [5, 5.41) is 42.7. The van der Waals surface area contributed by atoms with Gasteiger partial charge in [0.2, 0.25) is 23.6 Å². The molecule has 672 valence electrons. The summed E-state index contributed by atoms with van der Waals surface area (Å²) in [6, 6.07) is 45.6. The standard InChI is InChI=1S/C47H48N8O8.C26H30N6O4.C20H19N3O5.2H2S/c1-47(2)41-34(25-54(47)46(62)49-36(26-53(3)4)27-10-6-5-7-11-27)35(51-52-41)24-38(56)28-14-16-29(17-15-28)42(58)48-20-9-21-63-31-22-30-12-8-13-32-40(30)33(23-31)45(61)55(44(32)60)37-18-19-39(57)50-43(37)59;1-26(2)21-19(22(30-29-21)28-23(33)17-10-12-18(13-11-17)24(34)35)14-32(26)25(36)27-20(15-31(3)4)16-8-6-5-7-9-16;21-7-2-8-28-12-9-11-3-1-4-13-17(11)14(10-12)20(27)23(19(13)26)15-5-6-16(24)22-18(15)25;;/h5-8,10-17,22-23,36-37H,9,18-21,24-26H2,1-4H3,(H,48,58)(H,49,62)(H,51,52)(H,50,57,59);5-13,20H,14-15H2,1-4H3,(H,27,36)(H,34,35)(H2,28,29,30,33);1,3-4,9-10,15H,2,5-8,21H2,(H,22,24,25);2*1H2/t36-,37?;20-;;;/m11.../s1. The van der Waals surface area contributed by atoms with E-state index in [1.807, 2.05) is 126 Å². The van der Waals surface area contributed by atoms with Crippen molar-refractivity contribution in [3.05, 3.63) is 254 Å². The number of hydrogen-bond donors (Lipinski definition) is 10. The monoisotopic (exact) mass is 1790 g/mol. The van der Waals surface area contributed by atoms with Gasteiger partial charge >= 0.3 is 18.0 Å². The second-order valence-electron chi connectivity index (χ2n) is 33.2. The number of benzene rings is 8. The zero-order chi connectivity index (χ0) is 90.4. The van der Waals surface area contributed by atoms with Crippen LogP contribution >= 0.6 is 27.0 Å². The number of fused-ring (bicyclic) bond motifs is 2. The number of nitrogens with two attached hydrogens (primary N) is 1. The first kappa shape index (κ1) is 94.2. The van der Waals surface area contributed by atoms with E-state index in [0.29, 0.717) is 117 Å². The number of ether oxygens (including phenoxy) is 2. The van der Waals surface area contributed by atoms with Crippen molar-refractivity contribution in [1.82, 2.24) is 76.4 Å². The van der Waals surface area contributed by atoms with Crippen LogP contribution in [-0.2, 0) is 49.8 Å². The Morgan fingerprint density at radius 1 is 0.527 bits per heavy atom. The molecule has 2 fully saturated rings. The predicted molar refractivity (Wildman–Crippen MR) is 486 cm³/mol. The van der Waals surface area contributed by atoms with Crippen LogP contribution in [0.4, 0.5) is 15.4 Å². The van der Waals surface area contributed by atoms with E-state index in [0.717, 1.165) is 37.7 Å². The van der Waals surface area contributed by atoms with Crippen molar-refractivity contribution in [1.29, 1.82) is 0 Å². The average molecular weight is 1790 g/mol. The van der Waals surface area contributed by atoms with Gasteiger partial charge in [0.05, 0.1) is 84.0 Å². The lowest BCUT2D eigenvalue weighted by Gasteiger charge is -2.34. The molecule has 0 bridgehead atoms. The van der Waals surface area contributed by atoms with E-state index in [4.69, 9.17) is 20.3 Å². The highest BCUT2D eigenvalue weighted by Crippen LogP contribution is 2.44. The molecule has 6 aliphatic heterocycles. The van der Waals surface area contributed by atoms with Crippen LogP contribution in [0.2, 0.25) is 0 Å². The third-order valence-electron chi connectivity index (χ3n) is 23.2. The van der Waals surface area contributed by atoms with Gasteiger partial charge in [-0.3, -0.25) is 83.4 Å². The van der Waals surface area contributed by atoms with Gasteiger partial charge in [0.1, 0.15) is 23.6 Å². The molecule has 34 nitrogen and oxygen atoms in total. The van der Waals surface area contributed by atoms with Gasteiger partial charge in [0.15, 0.2) is 11.6 Å². The number of aromatic carboxylic acids is 1. The van der Waals surface area contributed by atoms with E-state index in [9.17, 15) is 67.1 Å². The quantitative estimate of drug-likeness (QED) is 0.0137. The second kappa shape index (κ2) is 39.9. The number of carbonyl (C=O) groups excluding carboxylic acids is 13. The molecule has 2 aromatic heterocycles. The van der Waals surface area contributed by atoms with Crippen molar-refractivity contribution >= 4 is 137 Å². The number of amides is 14. The van der Waals surface area contributed by atoms with Gasteiger partial charge in [-0.1, -0.05) is 97.1 Å². The number of Topliss-reactive ketones (excluding diaryl/α,β-unsaturated/α-hetero) is 1. The molecule has 2 saturated heterocycles. The van der Waals surface area contributed by atoms with E-state index in [1.54, 1.807) is 94.7 Å². The minimum Gasteiger partial charge on any atom is -0.494 e. The van der Waals surface area contributed by atoms with Crippen LogP contribution in [-0.4, -0.2) is 217 Å². The van der Waals surface area contributed by atoms with Crippen LogP contribution in [0.15, 0.2) is 170 Å². The van der Waals surface area contributed by atoms with Crippen molar-refractivity contribution in [2.45, 2.75) is 121 Å². The number of ketones is 1. The molecule has 36 heteroatoms. The number of likely N-dealkylation sites (N-methyl/N-ethyl adjacent to an activating group) is 2. The van der Waals surface area contributed by atoms with Gasteiger partial charge in [-0.05, 0) is 183 Å². The van der Waals surface area contributed by atoms with Gasteiger partial charge in [0.25, 0.3) is 35.4 Å². The summed E-state index contributed by atoms with van der Waals surface area (Å²) < 4.78 is 11.7. The van der Waals surface area contributed by atoms with Crippen LogP contribution < -0.4 is 47.1 Å². The summed E-state index contributed by atoms with van der Waals surface area (Å²) in [5.74, 6) is -5.27. The number of anilines is 1. The van der Waals surface area contributed by atoms with Crippen molar-refractivity contribution in [3.8, 4) is 11.5 Å². The Bertz CT molecular complexity index is 6040. The second-order valence-corrected chi connectivity index (χ2v) is 33.2. The van der Waals surface area contributed by atoms with Gasteiger partial charge in [-0.15, -0.1) is 0 Å². The zero-order valence-corrected chi connectivity index (χ0v) is 74.2. The molecule has 10 aromatic rings. The number of imide groups is 4. The van der Waals surface area contributed by atoms with E-state index in [2.05, 4.69) is 52.3 Å². The Hall–Kier alpha value is -13.9. The lowest BCUT2D eigenvalue weighted by molar-refractivity contribution is -0.137.